The first-order chi connectivity index (χ1) is 17.0. The maximum atomic E-state index is 12.6. The topological polar surface area (TPSA) is 64.4 Å². The van der Waals surface area contributed by atoms with Gasteiger partial charge in [0.1, 0.15) is 17.5 Å². The van der Waals surface area contributed by atoms with Crippen LogP contribution >= 0.6 is 0 Å². The summed E-state index contributed by atoms with van der Waals surface area (Å²) in [5, 5.41) is 6.90. The van der Waals surface area contributed by atoms with Crippen molar-refractivity contribution in [1.29, 1.82) is 0 Å². The maximum Gasteiger partial charge on any atom is 0.412 e. The van der Waals surface area contributed by atoms with Crippen molar-refractivity contribution in [2.75, 3.05) is 5.32 Å². The first-order valence-corrected chi connectivity index (χ1v) is 12.2. The van der Waals surface area contributed by atoms with Crippen LogP contribution in [0.5, 0.6) is 0 Å². The van der Waals surface area contributed by atoms with Crippen LogP contribution in [-0.4, -0.2) is 11.2 Å². The standard InChI is InChI=1S/C30H30N2O3/c1-19-8-7-11-26-18-25(16-17-27(19)26)23-12-14-24(15-13-23)29-28(20(2)32-35-29)31-30(33)34-21(3)22-9-5-4-6-10-22/h4-6,9-10,12-19,21H,7-8,11H2,1-3H3,(H,31,33)/t19?,21-/m1/s1. The van der Waals surface area contributed by atoms with Gasteiger partial charge in [-0.1, -0.05) is 84.9 Å². The number of aromatic nitrogens is 1. The van der Waals surface area contributed by atoms with E-state index >= 15 is 0 Å². The van der Waals surface area contributed by atoms with Crippen molar-refractivity contribution in [3.05, 3.63) is 95.2 Å². The van der Waals surface area contributed by atoms with E-state index in [1.807, 2.05) is 49.4 Å². The highest BCUT2D eigenvalue weighted by Crippen LogP contribution is 2.36. The molecule has 0 saturated heterocycles. The van der Waals surface area contributed by atoms with Gasteiger partial charge in [-0.3, -0.25) is 5.32 Å². The molecule has 1 aromatic heterocycles. The number of anilines is 1. The van der Waals surface area contributed by atoms with Crippen LogP contribution in [0.25, 0.3) is 22.5 Å². The molecule has 0 bridgehead atoms. The fraction of sp³-hybridized carbons (Fsp3) is 0.267. The minimum atomic E-state index is -0.547. The van der Waals surface area contributed by atoms with Gasteiger partial charge in [-0.05, 0) is 66.8 Å². The fourth-order valence-corrected chi connectivity index (χ4v) is 4.85. The summed E-state index contributed by atoms with van der Waals surface area (Å²) in [6, 6.07) is 24.6. The quantitative estimate of drug-likeness (QED) is 0.323. The normalized spacial score (nSPS) is 15.8. The molecule has 1 aliphatic carbocycles. The summed E-state index contributed by atoms with van der Waals surface area (Å²) in [7, 11) is 0. The second-order valence-corrected chi connectivity index (χ2v) is 9.34. The lowest BCUT2D eigenvalue weighted by atomic mass is 9.82. The predicted octanol–water partition coefficient (Wildman–Crippen LogP) is 8.07. The van der Waals surface area contributed by atoms with E-state index in [4.69, 9.17) is 9.26 Å². The van der Waals surface area contributed by atoms with Crippen LogP contribution in [0.1, 0.15) is 61.1 Å². The largest absolute Gasteiger partial charge is 0.441 e. The molecular formula is C30H30N2O3. The highest BCUT2D eigenvalue weighted by atomic mass is 16.6. The van der Waals surface area contributed by atoms with E-state index in [9.17, 15) is 4.79 Å². The number of hydrogen-bond donors (Lipinski definition) is 1. The number of fused-ring (bicyclic) bond motifs is 1. The monoisotopic (exact) mass is 466 g/mol. The van der Waals surface area contributed by atoms with Gasteiger partial charge in [0.25, 0.3) is 0 Å². The summed E-state index contributed by atoms with van der Waals surface area (Å²) in [6.07, 6.45) is 2.75. The van der Waals surface area contributed by atoms with E-state index in [1.54, 1.807) is 6.92 Å². The van der Waals surface area contributed by atoms with Crippen molar-refractivity contribution < 1.29 is 14.1 Å². The summed E-state index contributed by atoms with van der Waals surface area (Å²) < 4.78 is 11.1. The lowest BCUT2D eigenvalue weighted by molar-refractivity contribution is 0.121. The molecule has 1 aliphatic rings. The highest BCUT2D eigenvalue weighted by molar-refractivity contribution is 5.91. The molecule has 5 heteroatoms. The van der Waals surface area contributed by atoms with Gasteiger partial charge in [0.05, 0.1) is 0 Å². The number of aryl methyl sites for hydroxylation is 2. The molecule has 2 atom stereocenters. The second kappa shape index (κ2) is 9.79. The number of benzene rings is 3. The molecule has 4 aromatic rings. The number of carbonyl (C=O) groups excluding carboxylic acids is 1. The molecule has 0 spiro atoms. The molecule has 1 amide bonds. The van der Waals surface area contributed by atoms with Crippen LogP contribution in [0, 0.1) is 6.92 Å². The number of hydrogen-bond acceptors (Lipinski definition) is 4. The summed E-state index contributed by atoms with van der Waals surface area (Å²) >= 11 is 0. The van der Waals surface area contributed by atoms with Crippen molar-refractivity contribution in [2.24, 2.45) is 0 Å². The van der Waals surface area contributed by atoms with Gasteiger partial charge < -0.3 is 9.26 Å². The molecule has 5 nitrogen and oxygen atoms in total. The minimum Gasteiger partial charge on any atom is -0.441 e. The van der Waals surface area contributed by atoms with Crippen LogP contribution in [-0.2, 0) is 11.2 Å². The Morgan fingerprint density at radius 1 is 1.03 bits per heavy atom. The number of rotatable bonds is 5. The van der Waals surface area contributed by atoms with E-state index < -0.39 is 6.09 Å². The van der Waals surface area contributed by atoms with E-state index in [0.29, 0.717) is 23.1 Å². The number of amides is 1. The minimum absolute atomic E-state index is 0.376. The van der Waals surface area contributed by atoms with E-state index in [1.165, 1.54) is 29.5 Å². The highest BCUT2D eigenvalue weighted by Gasteiger charge is 2.20. The van der Waals surface area contributed by atoms with Crippen LogP contribution in [0.4, 0.5) is 10.5 Å². The Labute approximate surface area is 206 Å². The molecule has 1 N–H and O–H groups in total. The number of nitrogens with one attached hydrogen (secondary N) is 1. The number of ether oxygens (including phenoxy) is 1. The van der Waals surface area contributed by atoms with Gasteiger partial charge in [-0.15, -0.1) is 0 Å². The zero-order chi connectivity index (χ0) is 24.4. The summed E-state index contributed by atoms with van der Waals surface area (Å²) in [5.41, 5.74) is 8.20. The van der Waals surface area contributed by atoms with Crippen molar-refractivity contribution >= 4 is 11.8 Å². The zero-order valence-electron chi connectivity index (χ0n) is 20.4. The molecule has 1 heterocycles. The average molecular weight is 467 g/mol. The van der Waals surface area contributed by atoms with Crippen molar-refractivity contribution in [1.82, 2.24) is 5.16 Å². The first kappa shape index (κ1) is 22.9. The van der Waals surface area contributed by atoms with Crippen LogP contribution < -0.4 is 5.32 Å². The molecule has 5 rings (SSSR count). The van der Waals surface area contributed by atoms with Gasteiger partial charge in [0.2, 0.25) is 0 Å². The molecule has 3 aromatic carbocycles. The Balaban J connectivity index is 1.33. The van der Waals surface area contributed by atoms with Gasteiger partial charge >= 0.3 is 6.09 Å². The summed E-state index contributed by atoms with van der Waals surface area (Å²) in [4.78, 5) is 12.6. The second-order valence-electron chi connectivity index (χ2n) is 9.34. The summed E-state index contributed by atoms with van der Waals surface area (Å²) in [6.45, 7) is 5.96. The van der Waals surface area contributed by atoms with E-state index in [-0.39, 0.29) is 6.10 Å². The van der Waals surface area contributed by atoms with E-state index in [0.717, 1.165) is 23.1 Å². The molecular weight excluding hydrogens is 436 g/mol. The van der Waals surface area contributed by atoms with Crippen LogP contribution in [0.15, 0.2) is 77.3 Å². The number of carbonyl (C=O) groups is 1. The smallest absolute Gasteiger partial charge is 0.412 e. The average Bonchev–Trinajstić information content (AvgIpc) is 3.24. The van der Waals surface area contributed by atoms with Gasteiger partial charge in [-0.25, -0.2) is 4.79 Å². The molecule has 0 radical (unpaired) electrons. The van der Waals surface area contributed by atoms with Gasteiger partial charge in [0, 0.05) is 5.56 Å². The Kier molecular flexibility index (Phi) is 6.41. The van der Waals surface area contributed by atoms with Crippen LogP contribution in [0.2, 0.25) is 0 Å². The maximum absolute atomic E-state index is 12.6. The third-order valence-corrected chi connectivity index (χ3v) is 6.88. The fourth-order valence-electron chi connectivity index (χ4n) is 4.85. The molecule has 0 fully saturated rings. The first-order valence-electron chi connectivity index (χ1n) is 12.2. The zero-order valence-corrected chi connectivity index (χ0v) is 20.4. The van der Waals surface area contributed by atoms with Crippen molar-refractivity contribution in [3.8, 4) is 22.5 Å². The predicted molar refractivity (Wildman–Crippen MR) is 138 cm³/mol. The SMILES string of the molecule is Cc1noc(-c2ccc(-c3ccc4c(c3)CCCC4C)cc2)c1NC(=O)O[C@H](C)c1ccccc1. The van der Waals surface area contributed by atoms with E-state index in [2.05, 4.69) is 47.7 Å². The van der Waals surface area contributed by atoms with Gasteiger partial charge in [-0.2, -0.15) is 0 Å². The Hall–Kier alpha value is -3.86. The third-order valence-electron chi connectivity index (χ3n) is 6.88. The molecule has 35 heavy (non-hydrogen) atoms. The third kappa shape index (κ3) is 4.85. The van der Waals surface area contributed by atoms with Gasteiger partial charge in [0.15, 0.2) is 5.76 Å². The molecule has 0 aliphatic heterocycles. The lowest BCUT2D eigenvalue weighted by Gasteiger charge is -2.23. The van der Waals surface area contributed by atoms with Crippen molar-refractivity contribution in [3.63, 3.8) is 0 Å². The molecule has 0 saturated carbocycles. The number of nitrogens with zero attached hydrogens (tertiary/aromatic N) is 1. The van der Waals surface area contributed by atoms with Crippen molar-refractivity contribution in [2.45, 2.75) is 52.1 Å². The Morgan fingerprint density at radius 2 is 1.74 bits per heavy atom. The molecule has 178 valence electrons. The molecule has 1 unspecified atom stereocenters. The Bertz CT molecular complexity index is 1330. The summed E-state index contributed by atoms with van der Waals surface area (Å²) in [5.74, 6) is 1.15. The van der Waals surface area contributed by atoms with Crippen LogP contribution in [0.3, 0.4) is 0 Å². The lowest BCUT2D eigenvalue weighted by Crippen LogP contribution is -2.16. The Morgan fingerprint density at radius 3 is 2.51 bits per heavy atom.